The molecule has 1 heterocycles. The summed E-state index contributed by atoms with van der Waals surface area (Å²) in [6, 6.07) is 6.00. The molecule has 0 aliphatic carbocycles. The van der Waals surface area contributed by atoms with E-state index < -0.39 is 11.7 Å². The highest BCUT2D eigenvalue weighted by Gasteiger charge is 2.16. The van der Waals surface area contributed by atoms with Crippen LogP contribution in [0.3, 0.4) is 0 Å². The van der Waals surface area contributed by atoms with Crippen molar-refractivity contribution in [1.29, 1.82) is 0 Å². The Hall–Kier alpha value is -1.69. The van der Waals surface area contributed by atoms with Gasteiger partial charge in [0.15, 0.2) is 5.82 Å². The Morgan fingerprint density at radius 3 is 2.82 bits per heavy atom. The predicted molar refractivity (Wildman–Crippen MR) is 65.3 cm³/mol. The summed E-state index contributed by atoms with van der Waals surface area (Å²) in [6.07, 6.45) is 1.69. The van der Waals surface area contributed by atoms with Crippen LogP contribution in [-0.4, -0.2) is 15.7 Å². The maximum Gasteiger partial charge on any atom is 0.260 e. The molecule has 0 fully saturated rings. The van der Waals surface area contributed by atoms with Crippen LogP contribution in [0.4, 0.5) is 10.2 Å². The monoisotopic (exact) mass is 297 g/mol. The third-order valence-electron chi connectivity index (χ3n) is 2.15. The van der Waals surface area contributed by atoms with Gasteiger partial charge in [-0.2, -0.15) is 5.10 Å². The first-order valence-corrected chi connectivity index (χ1v) is 5.62. The topological polar surface area (TPSA) is 46.9 Å². The number of nitrogens with one attached hydrogen (secondary N) is 1. The van der Waals surface area contributed by atoms with Crippen molar-refractivity contribution in [2.24, 2.45) is 7.05 Å². The van der Waals surface area contributed by atoms with Crippen LogP contribution in [0.2, 0.25) is 0 Å². The fourth-order valence-corrected chi connectivity index (χ4v) is 1.90. The van der Waals surface area contributed by atoms with Crippen LogP contribution in [0.1, 0.15) is 10.4 Å². The van der Waals surface area contributed by atoms with Crippen molar-refractivity contribution in [3.8, 4) is 0 Å². The molecule has 0 spiro atoms. The van der Waals surface area contributed by atoms with E-state index in [1.807, 2.05) is 0 Å². The van der Waals surface area contributed by atoms with Gasteiger partial charge in [0, 0.05) is 23.8 Å². The normalized spacial score (nSPS) is 10.3. The second-order valence-corrected chi connectivity index (χ2v) is 4.28. The number of aryl methyl sites for hydroxylation is 1. The molecule has 0 atom stereocenters. The second kappa shape index (κ2) is 4.67. The molecule has 17 heavy (non-hydrogen) atoms. The standard InChI is InChI=1S/C11H9BrFN3O/c1-16-6-5-9(15-16)14-11(17)10-7(12)3-2-4-8(10)13/h2-6H,1H3,(H,14,15,17). The minimum absolute atomic E-state index is 0.0295. The molecule has 0 bridgehead atoms. The van der Waals surface area contributed by atoms with Gasteiger partial charge in [-0.25, -0.2) is 4.39 Å². The van der Waals surface area contributed by atoms with Gasteiger partial charge in [-0.3, -0.25) is 9.48 Å². The number of benzene rings is 1. The average Bonchev–Trinajstić information content (AvgIpc) is 2.63. The summed E-state index contributed by atoms with van der Waals surface area (Å²) < 4.78 is 15.4. The third-order valence-corrected chi connectivity index (χ3v) is 2.81. The number of nitrogens with zero attached hydrogens (tertiary/aromatic N) is 2. The fraction of sp³-hybridized carbons (Fsp3) is 0.0909. The molecule has 0 aliphatic heterocycles. The van der Waals surface area contributed by atoms with Crippen LogP contribution in [0.25, 0.3) is 0 Å². The molecule has 0 unspecified atom stereocenters. The van der Waals surface area contributed by atoms with E-state index >= 15 is 0 Å². The predicted octanol–water partition coefficient (Wildman–Crippen LogP) is 2.57. The van der Waals surface area contributed by atoms with Gasteiger partial charge in [0.05, 0.1) is 5.56 Å². The molecule has 0 saturated heterocycles. The smallest absolute Gasteiger partial charge is 0.260 e. The molecule has 4 nitrogen and oxygen atoms in total. The number of hydrogen-bond donors (Lipinski definition) is 1. The molecule has 1 aromatic heterocycles. The molecule has 88 valence electrons. The summed E-state index contributed by atoms with van der Waals surface area (Å²) in [5.41, 5.74) is -0.0295. The van der Waals surface area contributed by atoms with Crippen molar-refractivity contribution in [1.82, 2.24) is 9.78 Å². The summed E-state index contributed by atoms with van der Waals surface area (Å²) in [5.74, 6) is -0.728. The first-order valence-electron chi connectivity index (χ1n) is 4.83. The third kappa shape index (κ3) is 2.52. The Morgan fingerprint density at radius 1 is 1.47 bits per heavy atom. The number of halogens is 2. The molecule has 2 rings (SSSR count). The van der Waals surface area contributed by atoms with E-state index in [4.69, 9.17) is 0 Å². The minimum atomic E-state index is -0.576. The first kappa shape index (κ1) is 11.8. The van der Waals surface area contributed by atoms with Gasteiger partial charge in [-0.1, -0.05) is 6.07 Å². The van der Waals surface area contributed by atoms with Crippen LogP contribution in [0.5, 0.6) is 0 Å². The fourth-order valence-electron chi connectivity index (χ4n) is 1.38. The summed E-state index contributed by atoms with van der Waals surface area (Å²) >= 11 is 3.14. The number of carbonyl (C=O) groups excluding carboxylic acids is 1. The van der Waals surface area contributed by atoms with Gasteiger partial charge in [0.2, 0.25) is 0 Å². The van der Waals surface area contributed by atoms with Crippen molar-refractivity contribution in [3.05, 3.63) is 46.3 Å². The zero-order chi connectivity index (χ0) is 12.4. The highest BCUT2D eigenvalue weighted by molar-refractivity contribution is 9.10. The van der Waals surface area contributed by atoms with Gasteiger partial charge in [-0.05, 0) is 28.1 Å². The quantitative estimate of drug-likeness (QED) is 0.926. The lowest BCUT2D eigenvalue weighted by Gasteiger charge is -2.05. The van der Waals surface area contributed by atoms with E-state index in [1.165, 1.54) is 12.1 Å². The van der Waals surface area contributed by atoms with Gasteiger partial charge >= 0.3 is 0 Å². The molecule has 0 aliphatic rings. The van der Waals surface area contributed by atoms with E-state index in [9.17, 15) is 9.18 Å². The van der Waals surface area contributed by atoms with Crippen LogP contribution < -0.4 is 5.32 Å². The zero-order valence-corrected chi connectivity index (χ0v) is 10.5. The zero-order valence-electron chi connectivity index (χ0n) is 8.95. The Balaban J connectivity index is 2.26. The van der Waals surface area contributed by atoms with Crippen molar-refractivity contribution in [2.75, 3.05) is 5.32 Å². The largest absolute Gasteiger partial charge is 0.305 e. The van der Waals surface area contributed by atoms with Crippen LogP contribution in [0.15, 0.2) is 34.9 Å². The van der Waals surface area contributed by atoms with Gasteiger partial charge in [-0.15, -0.1) is 0 Å². The Morgan fingerprint density at radius 2 is 2.24 bits per heavy atom. The maximum atomic E-state index is 13.5. The van der Waals surface area contributed by atoms with Crippen LogP contribution in [-0.2, 0) is 7.05 Å². The Bertz CT molecular complexity index is 547. The summed E-state index contributed by atoms with van der Waals surface area (Å²) in [7, 11) is 1.73. The van der Waals surface area contributed by atoms with Crippen molar-refractivity contribution < 1.29 is 9.18 Å². The summed E-state index contributed by atoms with van der Waals surface area (Å²) in [6.45, 7) is 0. The van der Waals surface area contributed by atoms with Gasteiger partial charge in [0.25, 0.3) is 5.91 Å². The number of carbonyl (C=O) groups is 1. The number of aromatic nitrogens is 2. The lowest BCUT2D eigenvalue weighted by Crippen LogP contribution is -2.15. The highest BCUT2D eigenvalue weighted by atomic mass is 79.9. The molecular formula is C11H9BrFN3O. The second-order valence-electron chi connectivity index (χ2n) is 3.43. The molecule has 1 aromatic carbocycles. The summed E-state index contributed by atoms with van der Waals surface area (Å²) in [5, 5.41) is 6.50. The number of amides is 1. The van der Waals surface area contributed by atoms with Crippen molar-refractivity contribution in [2.45, 2.75) is 0 Å². The van der Waals surface area contributed by atoms with E-state index in [0.717, 1.165) is 0 Å². The first-order chi connectivity index (χ1) is 8.08. The molecule has 0 saturated carbocycles. The maximum absolute atomic E-state index is 13.5. The average molecular weight is 298 g/mol. The van der Waals surface area contributed by atoms with Gasteiger partial charge < -0.3 is 5.32 Å². The number of hydrogen-bond acceptors (Lipinski definition) is 2. The highest BCUT2D eigenvalue weighted by Crippen LogP contribution is 2.20. The number of anilines is 1. The van der Waals surface area contributed by atoms with E-state index in [0.29, 0.717) is 10.3 Å². The molecule has 2 aromatic rings. The Kier molecular flexibility index (Phi) is 3.23. The summed E-state index contributed by atoms with van der Waals surface area (Å²) in [4.78, 5) is 11.8. The molecular weight excluding hydrogens is 289 g/mol. The van der Waals surface area contributed by atoms with Crippen molar-refractivity contribution in [3.63, 3.8) is 0 Å². The van der Waals surface area contributed by atoms with Crippen LogP contribution >= 0.6 is 15.9 Å². The number of rotatable bonds is 2. The SMILES string of the molecule is Cn1ccc(NC(=O)c2c(F)cccc2Br)n1. The van der Waals surface area contributed by atoms with E-state index in [2.05, 4.69) is 26.3 Å². The lowest BCUT2D eigenvalue weighted by atomic mass is 10.2. The molecule has 6 heteroatoms. The van der Waals surface area contributed by atoms with E-state index in [-0.39, 0.29) is 5.56 Å². The molecule has 1 amide bonds. The van der Waals surface area contributed by atoms with Crippen molar-refractivity contribution >= 4 is 27.7 Å². The minimum Gasteiger partial charge on any atom is -0.305 e. The molecule has 1 N–H and O–H groups in total. The molecule has 0 radical (unpaired) electrons. The lowest BCUT2D eigenvalue weighted by molar-refractivity contribution is 0.102. The van der Waals surface area contributed by atoms with E-state index in [1.54, 1.807) is 30.1 Å². The van der Waals surface area contributed by atoms with Crippen LogP contribution in [0, 0.1) is 5.82 Å². The van der Waals surface area contributed by atoms with Gasteiger partial charge in [0.1, 0.15) is 5.82 Å². The Labute approximate surface area is 106 Å².